The van der Waals surface area contributed by atoms with Gasteiger partial charge in [0.05, 0.1) is 18.1 Å². The summed E-state index contributed by atoms with van der Waals surface area (Å²) in [4.78, 5) is 15.0. The third-order valence-electron chi connectivity index (χ3n) is 6.60. The second-order valence-electron chi connectivity index (χ2n) is 8.35. The molecule has 0 radical (unpaired) electrons. The van der Waals surface area contributed by atoms with Gasteiger partial charge in [0.1, 0.15) is 23.5 Å². The van der Waals surface area contributed by atoms with Gasteiger partial charge in [-0.3, -0.25) is 9.69 Å². The lowest BCUT2D eigenvalue weighted by Gasteiger charge is -2.43. The number of benzene rings is 2. The molecular weight excluding hydrogens is 388 g/mol. The lowest BCUT2D eigenvalue weighted by molar-refractivity contribution is -0.142. The molecule has 2 aliphatic heterocycles. The van der Waals surface area contributed by atoms with Crippen LogP contribution in [0.3, 0.4) is 0 Å². The van der Waals surface area contributed by atoms with Crippen molar-refractivity contribution in [3.8, 4) is 0 Å². The summed E-state index contributed by atoms with van der Waals surface area (Å²) in [7, 11) is 1.95. The standard InChI is InChI=1S/C24H27F2NO3/c1-3-19(28)22-21(13-18-12-20(29)23(22)27(18)2)30-24(14-4-8-16(25)9-5-14)15-6-10-17(26)11-7-15/h4-11,18,20-24,29H,3,12-13H2,1-2H3/t18?,20?,21-,22+,23-/m1/s1. The van der Waals surface area contributed by atoms with E-state index in [0.29, 0.717) is 19.3 Å². The Kier molecular flexibility index (Phi) is 6.00. The molecule has 0 amide bonds. The SMILES string of the molecule is CCC(=O)[C@@H]1[C@H]2C(O)CC(C[C@H]1OC(c1ccc(F)cc1)c1ccc(F)cc1)N2C. The fraction of sp³-hybridized carbons (Fsp3) is 0.458. The molecule has 4 rings (SSSR count). The van der Waals surface area contributed by atoms with Crippen LogP contribution < -0.4 is 0 Å². The van der Waals surface area contributed by atoms with Crippen LogP contribution in [0.25, 0.3) is 0 Å². The van der Waals surface area contributed by atoms with Crippen molar-refractivity contribution in [2.45, 2.75) is 56.6 Å². The number of aliphatic hydroxyl groups excluding tert-OH is 1. The van der Waals surface area contributed by atoms with Gasteiger partial charge in [0.25, 0.3) is 0 Å². The van der Waals surface area contributed by atoms with Crippen molar-refractivity contribution in [1.29, 1.82) is 0 Å². The van der Waals surface area contributed by atoms with E-state index < -0.39 is 18.1 Å². The molecule has 160 valence electrons. The summed E-state index contributed by atoms with van der Waals surface area (Å²) in [5.74, 6) is -1.09. The topological polar surface area (TPSA) is 49.8 Å². The normalized spacial score (nSPS) is 28.8. The molecule has 2 aromatic rings. The molecule has 30 heavy (non-hydrogen) atoms. The molecule has 0 aromatic heterocycles. The monoisotopic (exact) mass is 415 g/mol. The van der Waals surface area contributed by atoms with Crippen LogP contribution in [-0.2, 0) is 9.53 Å². The second kappa shape index (κ2) is 8.53. The molecule has 0 aliphatic carbocycles. The van der Waals surface area contributed by atoms with Crippen molar-refractivity contribution < 1.29 is 23.4 Å². The summed E-state index contributed by atoms with van der Waals surface area (Å²) in [5, 5.41) is 10.6. The molecule has 2 aromatic carbocycles. The van der Waals surface area contributed by atoms with Crippen molar-refractivity contribution in [3.63, 3.8) is 0 Å². The number of ketones is 1. The van der Waals surface area contributed by atoms with Crippen LogP contribution in [0.4, 0.5) is 8.78 Å². The van der Waals surface area contributed by atoms with Crippen LogP contribution in [0.15, 0.2) is 48.5 Å². The number of hydrogen-bond acceptors (Lipinski definition) is 4. The zero-order chi connectivity index (χ0) is 21.4. The summed E-state index contributed by atoms with van der Waals surface area (Å²) in [6.45, 7) is 1.82. The Morgan fingerprint density at radius 2 is 1.60 bits per heavy atom. The van der Waals surface area contributed by atoms with Crippen molar-refractivity contribution in [3.05, 3.63) is 71.3 Å². The number of halogens is 2. The van der Waals surface area contributed by atoms with E-state index in [2.05, 4.69) is 4.90 Å². The summed E-state index contributed by atoms with van der Waals surface area (Å²) in [6.07, 6.45) is 0.0868. The van der Waals surface area contributed by atoms with Crippen LogP contribution in [0.5, 0.6) is 0 Å². The van der Waals surface area contributed by atoms with Crippen molar-refractivity contribution in [2.24, 2.45) is 5.92 Å². The summed E-state index contributed by atoms with van der Waals surface area (Å²) < 4.78 is 33.6. The number of carbonyl (C=O) groups is 1. The molecule has 1 N–H and O–H groups in total. The minimum absolute atomic E-state index is 0.0632. The van der Waals surface area contributed by atoms with Gasteiger partial charge in [-0.15, -0.1) is 0 Å². The van der Waals surface area contributed by atoms with Gasteiger partial charge in [0, 0.05) is 18.5 Å². The Balaban J connectivity index is 1.70. The van der Waals surface area contributed by atoms with Gasteiger partial charge >= 0.3 is 0 Å². The number of likely N-dealkylation sites (N-methyl/N-ethyl adjacent to an activating group) is 1. The Labute approximate surface area is 175 Å². The quantitative estimate of drug-likeness (QED) is 0.778. The highest BCUT2D eigenvalue weighted by Crippen LogP contribution is 2.43. The maximum Gasteiger partial charge on any atom is 0.139 e. The number of ether oxygens (including phenoxy) is 1. The molecule has 4 nitrogen and oxygen atoms in total. The first-order chi connectivity index (χ1) is 14.4. The largest absolute Gasteiger partial charge is 0.391 e. The molecule has 2 heterocycles. The van der Waals surface area contributed by atoms with Gasteiger partial charge < -0.3 is 9.84 Å². The third-order valence-corrected chi connectivity index (χ3v) is 6.60. The number of fused-ring (bicyclic) bond motifs is 2. The predicted molar refractivity (Wildman–Crippen MR) is 109 cm³/mol. The summed E-state index contributed by atoms with van der Waals surface area (Å²) in [6, 6.07) is 11.9. The van der Waals surface area contributed by atoms with Gasteiger partial charge in [-0.05, 0) is 55.3 Å². The van der Waals surface area contributed by atoms with Crippen molar-refractivity contribution in [1.82, 2.24) is 4.90 Å². The van der Waals surface area contributed by atoms with Gasteiger partial charge in [0.2, 0.25) is 0 Å². The van der Waals surface area contributed by atoms with Gasteiger partial charge in [0.15, 0.2) is 0 Å². The van der Waals surface area contributed by atoms with E-state index in [9.17, 15) is 18.7 Å². The van der Waals surface area contributed by atoms with E-state index in [4.69, 9.17) is 4.74 Å². The molecule has 2 aliphatic rings. The number of rotatable bonds is 6. The Morgan fingerprint density at radius 1 is 1.07 bits per heavy atom. The highest BCUT2D eigenvalue weighted by molar-refractivity contribution is 5.82. The number of piperidine rings is 1. The number of nitrogens with zero attached hydrogens (tertiary/aromatic N) is 1. The maximum absolute atomic E-state index is 13.5. The predicted octanol–water partition coefficient (Wildman–Crippen LogP) is 3.87. The first kappa shape index (κ1) is 21.1. The Bertz CT molecular complexity index is 841. The van der Waals surface area contributed by atoms with Crippen LogP contribution >= 0.6 is 0 Å². The Morgan fingerprint density at radius 3 is 2.10 bits per heavy atom. The Hall–Kier alpha value is -2.15. The third kappa shape index (κ3) is 3.92. The maximum atomic E-state index is 13.5. The molecule has 0 spiro atoms. The number of hydrogen-bond donors (Lipinski definition) is 1. The van der Waals surface area contributed by atoms with Gasteiger partial charge in [-0.2, -0.15) is 0 Å². The summed E-state index contributed by atoms with van der Waals surface area (Å²) >= 11 is 0. The fourth-order valence-corrected chi connectivity index (χ4v) is 5.06. The summed E-state index contributed by atoms with van der Waals surface area (Å²) in [5.41, 5.74) is 1.47. The van der Waals surface area contributed by atoms with Crippen molar-refractivity contribution >= 4 is 5.78 Å². The van der Waals surface area contributed by atoms with E-state index >= 15 is 0 Å². The van der Waals surface area contributed by atoms with Crippen LogP contribution in [0, 0.1) is 17.6 Å². The minimum atomic E-state index is -0.566. The highest BCUT2D eigenvalue weighted by atomic mass is 19.1. The van der Waals surface area contributed by atoms with E-state index in [1.165, 1.54) is 24.3 Å². The fourth-order valence-electron chi connectivity index (χ4n) is 5.06. The average Bonchev–Trinajstić information content (AvgIpc) is 2.92. The first-order valence-corrected chi connectivity index (χ1v) is 10.5. The van der Waals surface area contributed by atoms with Crippen molar-refractivity contribution in [2.75, 3.05) is 7.05 Å². The number of aliphatic hydroxyl groups is 1. The van der Waals surface area contributed by atoms with Crippen LogP contribution in [0.2, 0.25) is 0 Å². The molecule has 6 heteroatoms. The van der Waals surface area contributed by atoms with Crippen LogP contribution in [0.1, 0.15) is 43.4 Å². The minimum Gasteiger partial charge on any atom is -0.391 e. The number of Topliss-reactive ketones (excluding diaryl/α,β-unsaturated/α-hetero) is 1. The average molecular weight is 415 g/mol. The van der Waals surface area contributed by atoms with E-state index in [1.807, 2.05) is 14.0 Å². The van der Waals surface area contributed by atoms with Gasteiger partial charge in [-0.25, -0.2) is 8.78 Å². The van der Waals surface area contributed by atoms with E-state index in [-0.39, 0.29) is 35.6 Å². The van der Waals surface area contributed by atoms with E-state index in [1.54, 1.807) is 24.3 Å². The van der Waals surface area contributed by atoms with Crippen LogP contribution in [-0.4, -0.2) is 47.1 Å². The molecule has 5 atom stereocenters. The lowest BCUT2D eigenvalue weighted by Crippen LogP contribution is -2.55. The zero-order valence-electron chi connectivity index (χ0n) is 17.2. The molecule has 2 fully saturated rings. The smallest absolute Gasteiger partial charge is 0.139 e. The number of carbonyl (C=O) groups excluding carboxylic acids is 1. The zero-order valence-corrected chi connectivity index (χ0v) is 17.2. The highest BCUT2D eigenvalue weighted by Gasteiger charge is 2.53. The molecule has 0 saturated carbocycles. The molecule has 2 unspecified atom stereocenters. The first-order valence-electron chi connectivity index (χ1n) is 10.5. The van der Waals surface area contributed by atoms with Gasteiger partial charge in [-0.1, -0.05) is 31.2 Å². The second-order valence-corrected chi connectivity index (χ2v) is 8.35. The lowest BCUT2D eigenvalue weighted by atomic mass is 9.82. The molecule has 2 bridgehead atoms. The molecular formula is C24H27F2NO3. The van der Waals surface area contributed by atoms with E-state index in [0.717, 1.165) is 11.1 Å². The molecule has 2 saturated heterocycles.